The molecule has 8 heteroatoms. The maximum atomic E-state index is 5.46. The Kier molecular flexibility index (Phi) is 3.41. The van der Waals surface area contributed by atoms with Crippen LogP contribution in [0.15, 0.2) is 36.7 Å². The Morgan fingerprint density at radius 3 is 2.76 bits per heavy atom. The summed E-state index contributed by atoms with van der Waals surface area (Å²) in [6, 6.07) is 10.1. The van der Waals surface area contributed by atoms with Gasteiger partial charge in [-0.3, -0.25) is 4.90 Å². The predicted molar refractivity (Wildman–Crippen MR) is 90.8 cm³/mol. The van der Waals surface area contributed by atoms with E-state index in [0.717, 1.165) is 55.7 Å². The van der Waals surface area contributed by atoms with Gasteiger partial charge in [-0.15, -0.1) is 15.3 Å². The van der Waals surface area contributed by atoms with Gasteiger partial charge in [-0.25, -0.2) is 0 Å². The topological polar surface area (TPSA) is 68.0 Å². The zero-order chi connectivity index (χ0) is 16.6. The van der Waals surface area contributed by atoms with E-state index >= 15 is 0 Å². The van der Waals surface area contributed by atoms with E-state index in [1.165, 1.54) is 5.56 Å². The summed E-state index contributed by atoms with van der Waals surface area (Å²) in [5.41, 5.74) is 2.02. The standard InChI is InChI=1S/C17H18N6O2/c1-2-14-15(25-12-24-14)9-13(1)10-21-5-7-22(8-6-21)17-4-3-16-19-18-11-23(16)20-17/h1-4,9,11H,5-8,10,12H2. The lowest BCUT2D eigenvalue weighted by molar-refractivity contribution is 0.174. The van der Waals surface area contributed by atoms with Crippen LogP contribution < -0.4 is 14.4 Å². The lowest BCUT2D eigenvalue weighted by atomic mass is 10.1. The van der Waals surface area contributed by atoms with Gasteiger partial charge in [-0.1, -0.05) is 6.07 Å². The van der Waals surface area contributed by atoms with Gasteiger partial charge in [0.05, 0.1) is 0 Å². The Morgan fingerprint density at radius 1 is 0.960 bits per heavy atom. The molecule has 1 saturated heterocycles. The lowest BCUT2D eigenvalue weighted by Gasteiger charge is -2.35. The molecule has 1 fully saturated rings. The van der Waals surface area contributed by atoms with Gasteiger partial charge in [0, 0.05) is 32.7 Å². The minimum Gasteiger partial charge on any atom is -0.454 e. The average molecular weight is 338 g/mol. The van der Waals surface area contributed by atoms with Crippen LogP contribution >= 0.6 is 0 Å². The molecule has 0 amide bonds. The van der Waals surface area contributed by atoms with Gasteiger partial charge in [0.1, 0.15) is 12.1 Å². The van der Waals surface area contributed by atoms with Crippen molar-refractivity contribution >= 4 is 11.5 Å². The first-order chi connectivity index (χ1) is 12.3. The molecular formula is C17H18N6O2. The number of benzene rings is 1. The highest BCUT2D eigenvalue weighted by atomic mass is 16.7. The van der Waals surface area contributed by atoms with Crippen molar-refractivity contribution in [3.8, 4) is 11.5 Å². The van der Waals surface area contributed by atoms with Crippen molar-refractivity contribution in [1.29, 1.82) is 0 Å². The Labute approximate surface area is 144 Å². The van der Waals surface area contributed by atoms with Gasteiger partial charge >= 0.3 is 0 Å². The smallest absolute Gasteiger partial charge is 0.231 e. The zero-order valence-corrected chi connectivity index (χ0v) is 13.7. The summed E-state index contributed by atoms with van der Waals surface area (Å²) >= 11 is 0. The molecule has 128 valence electrons. The second-order valence-electron chi connectivity index (χ2n) is 6.28. The molecule has 0 atom stereocenters. The number of hydrogen-bond acceptors (Lipinski definition) is 7. The van der Waals surface area contributed by atoms with Crippen LogP contribution in [0.2, 0.25) is 0 Å². The number of anilines is 1. The van der Waals surface area contributed by atoms with Gasteiger partial charge in [0.2, 0.25) is 6.79 Å². The van der Waals surface area contributed by atoms with Crippen molar-refractivity contribution in [3.63, 3.8) is 0 Å². The van der Waals surface area contributed by atoms with Crippen LogP contribution in [0.25, 0.3) is 5.65 Å². The third kappa shape index (κ3) is 2.74. The van der Waals surface area contributed by atoms with Crippen molar-refractivity contribution in [2.24, 2.45) is 0 Å². The molecule has 0 bridgehead atoms. The molecule has 0 unspecified atom stereocenters. The van der Waals surface area contributed by atoms with Crippen LogP contribution in [0.5, 0.6) is 11.5 Å². The first-order valence-electron chi connectivity index (χ1n) is 8.38. The second kappa shape index (κ2) is 5.89. The highest BCUT2D eigenvalue weighted by Crippen LogP contribution is 2.32. The van der Waals surface area contributed by atoms with Crippen LogP contribution in [-0.4, -0.2) is 57.7 Å². The first-order valence-corrected chi connectivity index (χ1v) is 8.38. The fourth-order valence-electron chi connectivity index (χ4n) is 3.32. The molecule has 0 saturated carbocycles. The van der Waals surface area contributed by atoms with Gasteiger partial charge in [-0.05, 0) is 29.8 Å². The Bertz CT molecular complexity index is 903. The van der Waals surface area contributed by atoms with E-state index in [9.17, 15) is 0 Å². The fraction of sp³-hybridized carbons (Fsp3) is 0.353. The summed E-state index contributed by atoms with van der Waals surface area (Å²) in [7, 11) is 0. The SMILES string of the molecule is c1cc2c(cc1CN1CCN(c3ccc4nncn4n3)CC1)OCO2. The summed E-state index contributed by atoms with van der Waals surface area (Å²) in [4.78, 5) is 4.75. The van der Waals surface area contributed by atoms with Gasteiger partial charge in [0.15, 0.2) is 17.1 Å². The van der Waals surface area contributed by atoms with Crippen molar-refractivity contribution in [1.82, 2.24) is 24.7 Å². The highest BCUT2D eigenvalue weighted by Gasteiger charge is 2.20. The molecule has 0 radical (unpaired) electrons. The quantitative estimate of drug-likeness (QED) is 0.710. The summed E-state index contributed by atoms with van der Waals surface area (Å²) in [5.74, 6) is 2.65. The molecule has 1 aromatic carbocycles. The Morgan fingerprint density at radius 2 is 1.84 bits per heavy atom. The molecule has 2 aliphatic rings. The van der Waals surface area contributed by atoms with Crippen LogP contribution in [0, 0.1) is 0 Å². The van der Waals surface area contributed by atoms with Gasteiger partial charge < -0.3 is 14.4 Å². The molecule has 0 aliphatic carbocycles. The van der Waals surface area contributed by atoms with Crippen molar-refractivity contribution < 1.29 is 9.47 Å². The molecule has 8 nitrogen and oxygen atoms in total. The largest absolute Gasteiger partial charge is 0.454 e. The number of aromatic nitrogens is 4. The maximum Gasteiger partial charge on any atom is 0.231 e. The molecule has 0 spiro atoms. The second-order valence-corrected chi connectivity index (χ2v) is 6.28. The predicted octanol–water partition coefficient (Wildman–Crippen LogP) is 1.18. The normalized spacial score (nSPS) is 17.4. The summed E-state index contributed by atoms with van der Waals surface area (Å²) in [6.07, 6.45) is 1.63. The summed E-state index contributed by atoms with van der Waals surface area (Å²) < 4.78 is 12.5. The van der Waals surface area contributed by atoms with Crippen LogP contribution in [-0.2, 0) is 6.54 Å². The number of fused-ring (bicyclic) bond motifs is 2. The molecule has 25 heavy (non-hydrogen) atoms. The van der Waals surface area contributed by atoms with Crippen LogP contribution in [0.1, 0.15) is 5.56 Å². The van der Waals surface area contributed by atoms with Gasteiger partial charge in [0.25, 0.3) is 0 Å². The molecule has 2 aliphatic heterocycles. The average Bonchev–Trinajstić information content (AvgIpc) is 3.30. The van der Waals surface area contributed by atoms with E-state index < -0.39 is 0 Å². The number of piperazine rings is 1. The molecular weight excluding hydrogens is 320 g/mol. The number of nitrogens with zero attached hydrogens (tertiary/aromatic N) is 6. The van der Waals surface area contributed by atoms with Crippen LogP contribution in [0.4, 0.5) is 5.82 Å². The first kappa shape index (κ1) is 14.5. The van der Waals surface area contributed by atoms with Gasteiger partial charge in [-0.2, -0.15) is 4.52 Å². The zero-order valence-electron chi connectivity index (χ0n) is 13.7. The van der Waals surface area contributed by atoms with E-state index in [0.29, 0.717) is 6.79 Å². The van der Waals surface area contributed by atoms with E-state index in [4.69, 9.17) is 9.47 Å². The molecule has 2 aromatic heterocycles. The Balaban J connectivity index is 1.23. The number of hydrogen-bond donors (Lipinski definition) is 0. The van der Waals surface area contributed by atoms with Crippen molar-refractivity contribution in [3.05, 3.63) is 42.2 Å². The summed E-state index contributed by atoms with van der Waals surface area (Å²) in [5, 5.41) is 12.4. The molecule has 4 heterocycles. The molecule has 3 aromatic rings. The molecule has 0 N–H and O–H groups in total. The summed E-state index contributed by atoms with van der Waals surface area (Å²) in [6.45, 7) is 5.13. The highest BCUT2D eigenvalue weighted by molar-refractivity contribution is 5.46. The number of rotatable bonds is 3. The van der Waals surface area contributed by atoms with E-state index in [2.05, 4.69) is 37.2 Å². The van der Waals surface area contributed by atoms with Crippen molar-refractivity contribution in [2.45, 2.75) is 6.54 Å². The van der Waals surface area contributed by atoms with Crippen LogP contribution in [0.3, 0.4) is 0 Å². The van der Waals surface area contributed by atoms with E-state index in [1.807, 2.05) is 18.2 Å². The third-order valence-corrected chi connectivity index (χ3v) is 4.69. The van der Waals surface area contributed by atoms with Crippen molar-refractivity contribution in [2.75, 3.05) is 37.9 Å². The fourth-order valence-corrected chi connectivity index (χ4v) is 3.32. The molecule has 5 rings (SSSR count). The Hall–Kier alpha value is -2.87. The maximum absolute atomic E-state index is 5.46. The minimum atomic E-state index is 0.321. The van der Waals surface area contributed by atoms with E-state index in [-0.39, 0.29) is 0 Å². The minimum absolute atomic E-state index is 0.321. The lowest BCUT2D eigenvalue weighted by Crippen LogP contribution is -2.46. The number of ether oxygens (including phenoxy) is 2. The third-order valence-electron chi connectivity index (χ3n) is 4.69. The monoisotopic (exact) mass is 338 g/mol. The van der Waals surface area contributed by atoms with E-state index in [1.54, 1.807) is 10.8 Å².